The summed E-state index contributed by atoms with van der Waals surface area (Å²) in [5.74, 6) is 0.575. The number of hydrogen-bond donors (Lipinski definition) is 0. The molecule has 1 atom stereocenters. The van der Waals surface area contributed by atoms with Crippen molar-refractivity contribution in [2.24, 2.45) is 0 Å². The molecular weight excluding hydrogens is 198 g/mol. The lowest BCUT2D eigenvalue weighted by molar-refractivity contribution is 0.00468. The first-order valence-corrected chi connectivity index (χ1v) is 6.07. The fraction of sp³-hybridized carbons (Fsp3) is 0.571. The van der Waals surface area contributed by atoms with Crippen LogP contribution in [0.2, 0.25) is 0 Å². The largest absolute Gasteiger partial charge is 0.378 e. The number of morpholine rings is 1. The molecule has 2 rings (SSSR count). The second-order valence-electron chi connectivity index (χ2n) is 4.85. The average molecular weight is 219 g/mol. The summed E-state index contributed by atoms with van der Waals surface area (Å²) in [5.41, 5.74) is 2.88. The highest BCUT2D eigenvalue weighted by molar-refractivity contribution is 5.32. The molecule has 2 nitrogen and oxygen atoms in total. The van der Waals surface area contributed by atoms with Gasteiger partial charge in [-0.15, -0.1) is 0 Å². The van der Waals surface area contributed by atoms with Gasteiger partial charge in [0.15, 0.2) is 0 Å². The Morgan fingerprint density at radius 3 is 2.75 bits per heavy atom. The molecular formula is C14H21NO. The van der Waals surface area contributed by atoms with E-state index in [-0.39, 0.29) is 0 Å². The van der Waals surface area contributed by atoms with Gasteiger partial charge >= 0.3 is 0 Å². The predicted molar refractivity (Wildman–Crippen MR) is 66.7 cm³/mol. The Balaban J connectivity index is 2.31. The molecule has 1 aliphatic heterocycles. The zero-order valence-corrected chi connectivity index (χ0v) is 10.4. The van der Waals surface area contributed by atoms with Crippen molar-refractivity contribution >= 4 is 0 Å². The van der Waals surface area contributed by atoms with Crippen molar-refractivity contribution in [1.29, 1.82) is 0 Å². The van der Waals surface area contributed by atoms with E-state index in [9.17, 15) is 0 Å². The molecule has 0 saturated carbocycles. The third kappa shape index (κ3) is 2.28. The molecule has 0 radical (unpaired) electrons. The van der Waals surface area contributed by atoms with Crippen LogP contribution in [-0.4, -0.2) is 31.7 Å². The Hall–Kier alpha value is -0.860. The van der Waals surface area contributed by atoms with E-state index in [1.165, 1.54) is 11.1 Å². The van der Waals surface area contributed by atoms with E-state index in [4.69, 9.17) is 4.74 Å². The lowest BCUT2D eigenvalue weighted by atomic mass is 9.92. The van der Waals surface area contributed by atoms with Crippen LogP contribution in [-0.2, 0) is 4.74 Å². The maximum Gasteiger partial charge on any atom is 0.0664 e. The summed E-state index contributed by atoms with van der Waals surface area (Å²) in [6, 6.07) is 9.16. The smallest absolute Gasteiger partial charge is 0.0664 e. The lowest BCUT2D eigenvalue weighted by Crippen LogP contribution is -2.37. The monoisotopic (exact) mass is 219 g/mol. The van der Waals surface area contributed by atoms with Gasteiger partial charge in [0.05, 0.1) is 19.3 Å². The van der Waals surface area contributed by atoms with Gasteiger partial charge in [-0.05, 0) is 24.1 Å². The Morgan fingerprint density at radius 2 is 2.06 bits per heavy atom. The summed E-state index contributed by atoms with van der Waals surface area (Å²) in [6.07, 6.45) is 0. The Kier molecular flexibility index (Phi) is 3.62. The van der Waals surface area contributed by atoms with Crippen molar-refractivity contribution in [3.63, 3.8) is 0 Å². The van der Waals surface area contributed by atoms with Crippen LogP contribution in [0.15, 0.2) is 24.3 Å². The van der Waals surface area contributed by atoms with E-state index in [1.807, 2.05) is 0 Å². The van der Waals surface area contributed by atoms with E-state index >= 15 is 0 Å². The van der Waals surface area contributed by atoms with E-state index in [2.05, 4.69) is 50.1 Å². The first-order valence-electron chi connectivity index (χ1n) is 6.07. The SMILES string of the molecule is CC(C)c1ccccc1C1COCCN1C. The van der Waals surface area contributed by atoms with Gasteiger partial charge in [0, 0.05) is 6.54 Å². The average Bonchev–Trinajstić information content (AvgIpc) is 2.29. The van der Waals surface area contributed by atoms with Gasteiger partial charge in [-0.25, -0.2) is 0 Å². The highest BCUT2D eigenvalue weighted by atomic mass is 16.5. The highest BCUT2D eigenvalue weighted by Crippen LogP contribution is 2.29. The molecule has 0 bridgehead atoms. The van der Waals surface area contributed by atoms with Gasteiger partial charge < -0.3 is 4.74 Å². The summed E-state index contributed by atoms with van der Waals surface area (Å²) in [6.45, 7) is 7.21. The molecule has 88 valence electrons. The van der Waals surface area contributed by atoms with Gasteiger partial charge in [0.1, 0.15) is 0 Å². The highest BCUT2D eigenvalue weighted by Gasteiger charge is 2.23. The third-order valence-electron chi connectivity index (χ3n) is 3.37. The van der Waals surface area contributed by atoms with Gasteiger partial charge in [0.2, 0.25) is 0 Å². The van der Waals surface area contributed by atoms with E-state index in [0.717, 1.165) is 19.8 Å². The number of benzene rings is 1. The van der Waals surface area contributed by atoms with Gasteiger partial charge in [0.25, 0.3) is 0 Å². The minimum Gasteiger partial charge on any atom is -0.378 e. The standard InChI is InChI=1S/C14H21NO/c1-11(2)12-6-4-5-7-13(12)14-10-16-9-8-15(14)3/h4-7,11,14H,8-10H2,1-3H3. The molecule has 1 heterocycles. The van der Waals surface area contributed by atoms with Crippen molar-refractivity contribution < 1.29 is 4.74 Å². The molecule has 1 fully saturated rings. The number of hydrogen-bond acceptors (Lipinski definition) is 2. The minimum absolute atomic E-state index is 0.423. The number of ether oxygens (including phenoxy) is 1. The first kappa shape index (κ1) is 11.6. The summed E-state index contributed by atoms with van der Waals surface area (Å²) in [7, 11) is 2.18. The number of rotatable bonds is 2. The fourth-order valence-electron chi connectivity index (χ4n) is 2.35. The van der Waals surface area contributed by atoms with Crippen LogP contribution in [0.25, 0.3) is 0 Å². The molecule has 0 spiro atoms. The second kappa shape index (κ2) is 4.98. The Morgan fingerprint density at radius 1 is 1.31 bits per heavy atom. The molecule has 16 heavy (non-hydrogen) atoms. The molecule has 0 aromatic heterocycles. The van der Waals surface area contributed by atoms with Crippen LogP contribution in [0.1, 0.15) is 36.9 Å². The maximum atomic E-state index is 5.60. The van der Waals surface area contributed by atoms with Crippen molar-refractivity contribution in [2.45, 2.75) is 25.8 Å². The van der Waals surface area contributed by atoms with Gasteiger partial charge in [-0.1, -0.05) is 38.1 Å². The van der Waals surface area contributed by atoms with Crippen molar-refractivity contribution in [3.8, 4) is 0 Å². The van der Waals surface area contributed by atoms with Crippen LogP contribution < -0.4 is 0 Å². The van der Waals surface area contributed by atoms with Crippen molar-refractivity contribution in [3.05, 3.63) is 35.4 Å². The summed E-state index contributed by atoms with van der Waals surface area (Å²) in [4.78, 5) is 2.39. The fourth-order valence-corrected chi connectivity index (χ4v) is 2.35. The predicted octanol–water partition coefficient (Wildman–Crippen LogP) is 2.81. The molecule has 1 saturated heterocycles. The molecule has 0 aliphatic carbocycles. The number of nitrogens with zero attached hydrogens (tertiary/aromatic N) is 1. The molecule has 2 heteroatoms. The van der Waals surface area contributed by atoms with E-state index < -0.39 is 0 Å². The lowest BCUT2D eigenvalue weighted by Gasteiger charge is -2.34. The second-order valence-corrected chi connectivity index (χ2v) is 4.85. The van der Waals surface area contributed by atoms with Crippen LogP contribution in [0.4, 0.5) is 0 Å². The zero-order chi connectivity index (χ0) is 11.5. The van der Waals surface area contributed by atoms with Crippen LogP contribution >= 0.6 is 0 Å². The molecule has 1 aromatic carbocycles. The summed E-state index contributed by atoms with van der Waals surface area (Å²) in [5, 5.41) is 0. The topological polar surface area (TPSA) is 12.5 Å². The van der Waals surface area contributed by atoms with E-state index in [0.29, 0.717) is 12.0 Å². The van der Waals surface area contributed by atoms with E-state index in [1.54, 1.807) is 0 Å². The summed E-state index contributed by atoms with van der Waals surface area (Å²) >= 11 is 0. The molecule has 1 aliphatic rings. The normalized spacial score (nSPS) is 22.6. The Labute approximate surface area is 98.2 Å². The summed E-state index contributed by atoms with van der Waals surface area (Å²) < 4.78 is 5.60. The zero-order valence-electron chi connectivity index (χ0n) is 10.4. The third-order valence-corrected chi connectivity index (χ3v) is 3.37. The van der Waals surface area contributed by atoms with Crippen LogP contribution in [0.5, 0.6) is 0 Å². The molecule has 0 amide bonds. The van der Waals surface area contributed by atoms with Gasteiger partial charge in [-0.2, -0.15) is 0 Å². The molecule has 1 unspecified atom stereocenters. The first-order chi connectivity index (χ1) is 7.70. The molecule has 0 N–H and O–H groups in total. The van der Waals surface area contributed by atoms with Crippen LogP contribution in [0, 0.1) is 0 Å². The van der Waals surface area contributed by atoms with Crippen molar-refractivity contribution in [1.82, 2.24) is 4.90 Å². The quantitative estimate of drug-likeness (QED) is 0.758. The van der Waals surface area contributed by atoms with Crippen LogP contribution in [0.3, 0.4) is 0 Å². The maximum absolute atomic E-state index is 5.60. The van der Waals surface area contributed by atoms with Gasteiger partial charge in [-0.3, -0.25) is 4.90 Å². The molecule has 1 aromatic rings. The Bertz CT molecular complexity index is 348. The van der Waals surface area contributed by atoms with Crippen molar-refractivity contribution in [2.75, 3.05) is 26.8 Å². The number of likely N-dealkylation sites (N-methyl/N-ethyl adjacent to an activating group) is 1. The minimum atomic E-state index is 0.423.